The van der Waals surface area contributed by atoms with E-state index in [-0.39, 0.29) is 11.4 Å². The van der Waals surface area contributed by atoms with Gasteiger partial charge in [-0.25, -0.2) is 0 Å². The number of hydrogen-bond acceptors (Lipinski definition) is 2. The molecule has 0 bridgehead atoms. The Morgan fingerprint density at radius 3 is 2.29 bits per heavy atom. The number of carbonyl (C=O) groups excluding carboxylic acids is 1. The molecule has 1 atom stereocenters. The van der Waals surface area contributed by atoms with Crippen LogP contribution in [0.3, 0.4) is 0 Å². The molecule has 0 aromatic heterocycles. The van der Waals surface area contributed by atoms with Gasteiger partial charge in [-0.3, -0.25) is 4.79 Å². The molecule has 17 heavy (non-hydrogen) atoms. The molecule has 0 aromatic carbocycles. The van der Waals surface area contributed by atoms with Crippen molar-refractivity contribution in [3.05, 3.63) is 0 Å². The second-order valence-corrected chi connectivity index (χ2v) is 6.95. The van der Waals surface area contributed by atoms with E-state index in [1.807, 2.05) is 4.90 Å². The predicted molar refractivity (Wildman–Crippen MR) is 71.6 cm³/mol. The highest BCUT2D eigenvalue weighted by Gasteiger charge is 2.35. The summed E-state index contributed by atoms with van der Waals surface area (Å²) in [6, 6.07) is 0. The summed E-state index contributed by atoms with van der Waals surface area (Å²) in [5.41, 5.74) is 5.87. The largest absolute Gasteiger partial charge is 0.336 e. The molecule has 2 N–H and O–H groups in total. The Labute approximate surface area is 106 Å². The van der Waals surface area contributed by atoms with E-state index in [9.17, 15) is 4.79 Å². The minimum atomic E-state index is -0.205. The molecule has 1 amide bonds. The molecule has 1 aliphatic rings. The molecule has 0 aliphatic carbocycles. The van der Waals surface area contributed by atoms with Crippen LogP contribution in [0.1, 0.15) is 53.9 Å². The van der Waals surface area contributed by atoms with Gasteiger partial charge in [-0.1, -0.05) is 20.8 Å². The number of rotatable bonds is 2. The summed E-state index contributed by atoms with van der Waals surface area (Å²) in [6.07, 6.45) is 2.78. The number of nitrogens with zero attached hydrogens (tertiary/aromatic N) is 1. The summed E-state index contributed by atoms with van der Waals surface area (Å²) < 4.78 is 0. The van der Waals surface area contributed by atoms with Gasteiger partial charge in [0.15, 0.2) is 0 Å². The van der Waals surface area contributed by atoms with Crippen LogP contribution in [0.4, 0.5) is 0 Å². The highest BCUT2D eigenvalue weighted by atomic mass is 16.2. The van der Waals surface area contributed by atoms with Gasteiger partial charge in [0.2, 0.25) is 5.91 Å². The van der Waals surface area contributed by atoms with Gasteiger partial charge in [0, 0.05) is 25.0 Å². The Morgan fingerprint density at radius 1 is 1.24 bits per heavy atom. The van der Waals surface area contributed by atoms with Crippen LogP contribution in [0.2, 0.25) is 0 Å². The molecular formula is C14H28N2O. The van der Waals surface area contributed by atoms with E-state index < -0.39 is 0 Å². The summed E-state index contributed by atoms with van der Waals surface area (Å²) in [5.74, 6) is 0.900. The van der Waals surface area contributed by atoms with Crippen molar-refractivity contribution in [1.82, 2.24) is 4.90 Å². The number of carbonyl (C=O) groups is 1. The van der Waals surface area contributed by atoms with Crippen molar-refractivity contribution in [2.24, 2.45) is 17.1 Å². The van der Waals surface area contributed by atoms with E-state index in [0.29, 0.717) is 24.3 Å². The fourth-order valence-corrected chi connectivity index (χ4v) is 2.60. The zero-order valence-corrected chi connectivity index (χ0v) is 12.0. The monoisotopic (exact) mass is 240 g/mol. The Hall–Kier alpha value is -0.570. The van der Waals surface area contributed by atoms with Crippen LogP contribution < -0.4 is 5.73 Å². The van der Waals surface area contributed by atoms with Gasteiger partial charge in [0.1, 0.15) is 0 Å². The van der Waals surface area contributed by atoms with E-state index >= 15 is 0 Å². The summed E-state index contributed by atoms with van der Waals surface area (Å²) in [7, 11) is 0. The van der Waals surface area contributed by atoms with E-state index in [2.05, 4.69) is 34.6 Å². The molecule has 0 aromatic rings. The van der Waals surface area contributed by atoms with Crippen LogP contribution in [-0.4, -0.2) is 29.4 Å². The van der Waals surface area contributed by atoms with E-state index in [0.717, 1.165) is 19.4 Å². The average molecular weight is 240 g/mol. The maximum absolute atomic E-state index is 12.2. The lowest BCUT2D eigenvalue weighted by molar-refractivity contribution is -0.135. The van der Waals surface area contributed by atoms with Gasteiger partial charge in [-0.05, 0) is 38.0 Å². The first-order chi connectivity index (χ1) is 7.68. The fourth-order valence-electron chi connectivity index (χ4n) is 2.60. The zero-order chi connectivity index (χ0) is 13.3. The minimum Gasteiger partial charge on any atom is -0.336 e. The molecule has 0 radical (unpaired) electrons. The fraction of sp³-hybridized carbons (Fsp3) is 0.929. The van der Waals surface area contributed by atoms with Crippen molar-refractivity contribution in [3.63, 3.8) is 0 Å². The molecular weight excluding hydrogens is 212 g/mol. The van der Waals surface area contributed by atoms with Crippen molar-refractivity contribution in [1.29, 1.82) is 0 Å². The highest BCUT2D eigenvalue weighted by Crippen LogP contribution is 2.35. The topological polar surface area (TPSA) is 46.3 Å². The number of hydrogen-bond donors (Lipinski definition) is 1. The Balaban J connectivity index is 2.77. The minimum absolute atomic E-state index is 0.205. The predicted octanol–water partition coefficient (Wildman–Crippen LogP) is 2.40. The third-order valence-electron chi connectivity index (χ3n) is 4.16. The summed E-state index contributed by atoms with van der Waals surface area (Å²) in [5, 5.41) is 0. The lowest BCUT2D eigenvalue weighted by atomic mass is 9.76. The molecule has 1 heterocycles. The van der Waals surface area contributed by atoms with Crippen LogP contribution >= 0.6 is 0 Å². The molecule has 3 heteroatoms. The standard InChI is InChI=1S/C14H28N2O/c1-13(2,3)11-6-7-12(17)16(9-8-11)14(4,5)10-15/h11H,6-10,15H2,1-5H3. The Morgan fingerprint density at radius 2 is 1.82 bits per heavy atom. The van der Waals surface area contributed by atoms with Crippen LogP contribution in [0.5, 0.6) is 0 Å². The first-order valence-electron chi connectivity index (χ1n) is 6.69. The third kappa shape index (κ3) is 3.44. The van der Waals surface area contributed by atoms with E-state index in [1.165, 1.54) is 0 Å². The second-order valence-electron chi connectivity index (χ2n) is 6.95. The maximum atomic E-state index is 12.2. The Bertz CT molecular complexity index is 278. The zero-order valence-electron chi connectivity index (χ0n) is 12.0. The van der Waals surface area contributed by atoms with Gasteiger partial charge in [-0.15, -0.1) is 0 Å². The van der Waals surface area contributed by atoms with Crippen molar-refractivity contribution in [3.8, 4) is 0 Å². The van der Waals surface area contributed by atoms with Gasteiger partial charge in [0.05, 0.1) is 0 Å². The second kappa shape index (κ2) is 4.97. The van der Waals surface area contributed by atoms with Crippen LogP contribution in [-0.2, 0) is 4.79 Å². The first-order valence-corrected chi connectivity index (χ1v) is 6.69. The summed E-state index contributed by atoms with van der Waals surface area (Å²) >= 11 is 0. The first kappa shape index (κ1) is 14.5. The highest BCUT2D eigenvalue weighted by molar-refractivity contribution is 5.77. The van der Waals surface area contributed by atoms with E-state index in [1.54, 1.807) is 0 Å². The molecule has 0 spiro atoms. The molecule has 1 rings (SSSR count). The smallest absolute Gasteiger partial charge is 0.223 e. The number of amides is 1. The molecule has 3 nitrogen and oxygen atoms in total. The van der Waals surface area contributed by atoms with Gasteiger partial charge < -0.3 is 10.6 Å². The van der Waals surface area contributed by atoms with Gasteiger partial charge >= 0.3 is 0 Å². The third-order valence-corrected chi connectivity index (χ3v) is 4.16. The van der Waals surface area contributed by atoms with Crippen LogP contribution in [0.15, 0.2) is 0 Å². The lowest BCUT2D eigenvalue weighted by Crippen LogP contribution is -2.52. The molecule has 1 saturated heterocycles. The van der Waals surface area contributed by atoms with E-state index in [4.69, 9.17) is 5.73 Å². The van der Waals surface area contributed by atoms with Crippen molar-refractivity contribution in [2.75, 3.05) is 13.1 Å². The van der Waals surface area contributed by atoms with Crippen molar-refractivity contribution < 1.29 is 4.79 Å². The van der Waals surface area contributed by atoms with Crippen LogP contribution in [0.25, 0.3) is 0 Å². The average Bonchev–Trinajstić information content (AvgIpc) is 2.39. The van der Waals surface area contributed by atoms with Gasteiger partial charge in [-0.2, -0.15) is 0 Å². The molecule has 1 aliphatic heterocycles. The number of likely N-dealkylation sites (tertiary alicyclic amines) is 1. The van der Waals surface area contributed by atoms with Crippen molar-refractivity contribution in [2.45, 2.75) is 59.4 Å². The maximum Gasteiger partial charge on any atom is 0.223 e. The molecule has 1 unspecified atom stereocenters. The molecule has 100 valence electrons. The lowest BCUT2D eigenvalue weighted by Gasteiger charge is -2.37. The molecule has 1 fully saturated rings. The normalized spacial score (nSPS) is 23.8. The Kier molecular flexibility index (Phi) is 4.23. The summed E-state index contributed by atoms with van der Waals surface area (Å²) in [4.78, 5) is 14.1. The summed E-state index contributed by atoms with van der Waals surface area (Å²) in [6.45, 7) is 12.3. The quantitative estimate of drug-likeness (QED) is 0.805. The SMILES string of the molecule is CC(C)(C)C1CCC(=O)N(C(C)(C)CN)CC1. The van der Waals surface area contributed by atoms with Gasteiger partial charge in [0.25, 0.3) is 0 Å². The van der Waals surface area contributed by atoms with Crippen molar-refractivity contribution >= 4 is 5.91 Å². The number of nitrogens with two attached hydrogens (primary N) is 1. The molecule has 0 saturated carbocycles. The van der Waals surface area contributed by atoms with Crippen LogP contribution in [0, 0.1) is 11.3 Å².